The van der Waals surface area contributed by atoms with Crippen LogP contribution in [0.15, 0.2) is 18.2 Å². The number of aliphatic carboxylic acids is 1. The van der Waals surface area contributed by atoms with Crippen molar-refractivity contribution in [2.75, 3.05) is 33.9 Å². The molecule has 0 atom stereocenters. The molecule has 0 heterocycles. The van der Waals surface area contributed by atoms with Gasteiger partial charge in [-0.05, 0) is 37.5 Å². The summed E-state index contributed by atoms with van der Waals surface area (Å²) in [4.78, 5) is 23.6. The van der Waals surface area contributed by atoms with Crippen LogP contribution in [0.3, 0.4) is 0 Å². The van der Waals surface area contributed by atoms with Crippen LogP contribution in [0.4, 0.5) is 4.79 Å². The van der Waals surface area contributed by atoms with E-state index in [-0.39, 0.29) is 19.0 Å². The van der Waals surface area contributed by atoms with Crippen LogP contribution in [-0.2, 0) is 11.2 Å². The molecule has 0 spiro atoms. The highest BCUT2D eigenvalue weighted by Gasteiger charge is 2.09. The number of nitrogens with zero attached hydrogens (tertiary/aromatic N) is 1. The molecule has 0 aliphatic heterocycles. The number of rotatable bonds is 10. The maximum Gasteiger partial charge on any atom is 0.317 e. The molecular formula is C17H26N2O5. The largest absolute Gasteiger partial charge is 0.493 e. The second-order valence-electron chi connectivity index (χ2n) is 5.32. The number of methoxy groups -OCH3 is 1. The molecule has 134 valence electrons. The standard InChI is InChI=1S/C17H26N2O5/c1-4-24-15-12-13(7-8-14(15)23-3)6-5-10-18-17(22)19(2)11-9-16(20)21/h7-8,12H,4-6,9-11H2,1-3H3,(H,18,22)(H,20,21). The predicted octanol–water partition coefficient (Wildman–Crippen LogP) is 2.14. The summed E-state index contributed by atoms with van der Waals surface area (Å²) < 4.78 is 10.8. The first-order chi connectivity index (χ1) is 11.5. The lowest BCUT2D eigenvalue weighted by atomic mass is 10.1. The number of benzene rings is 1. The summed E-state index contributed by atoms with van der Waals surface area (Å²) in [6.07, 6.45) is 1.51. The zero-order chi connectivity index (χ0) is 17.9. The molecule has 2 amide bonds. The summed E-state index contributed by atoms with van der Waals surface area (Å²) in [5, 5.41) is 11.4. The van der Waals surface area contributed by atoms with E-state index in [0.717, 1.165) is 24.2 Å². The molecule has 0 unspecified atom stereocenters. The van der Waals surface area contributed by atoms with Crippen LogP contribution in [-0.4, -0.2) is 55.9 Å². The van der Waals surface area contributed by atoms with Gasteiger partial charge in [-0.1, -0.05) is 6.07 Å². The summed E-state index contributed by atoms with van der Waals surface area (Å²) >= 11 is 0. The second-order valence-corrected chi connectivity index (χ2v) is 5.32. The maximum atomic E-state index is 11.8. The van der Waals surface area contributed by atoms with E-state index in [9.17, 15) is 9.59 Å². The van der Waals surface area contributed by atoms with Gasteiger partial charge in [-0.3, -0.25) is 4.79 Å². The molecule has 1 aromatic rings. The number of carbonyl (C=O) groups excluding carboxylic acids is 1. The van der Waals surface area contributed by atoms with Crippen molar-refractivity contribution in [1.29, 1.82) is 0 Å². The van der Waals surface area contributed by atoms with E-state index in [1.54, 1.807) is 14.2 Å². The van der Waals surface area contributed by atoms with Crippen molar-refractivity contribution in [1.82, 2.24) is 10.2 Å². The Balaban J connectivity index is 2.38. The van der Waals surface area contributed by atoms with Gasteiger partial charge in [-0.2, -0.15) is 0 Å². The van der Waals surface area contributed by atoms with Crippen molar-refractivity contribution in [3.63, 3.8) is 0 Å². The molecule has 7 heteroatoms. The molecule has 0 aromatic heterocycles. The van der Waals surface area contributed by atoms with Gasteiger partial charge in [0.1, 0.15) is 0 Å². The van der Waals surface area contributed by atoms with Crippen molar-refractivity contribution in [2.45, 2.75) is 26.2 Å². The van der Waals surface area contributed by atoms with Gasteiger partial charge in [-0.15, -0.1) is 0 Å². The molecule has 0 aliphatic rings. The number of amides is 2. The fraction of sp³-hybridized carbons (Fsp3) is 0.529. The lowest BCUT2D eigenvalue weighted by Gasteiger charge is -2.17. The van der Waals surface area contributed by atoms with Crippen molar-refractivity contribution in [2.24, 2.45) is 0 Å². The van der Waals surface area contributed by atoms with E-state index in [1.165, 1.54) is 4.90 Å². The summed E-state index contributed by atoms with van der Waals surface area (Å²) in [5.74, 6) is 0.503. The van der Waals surface area contributed by atoms with Crippen LogP contribution >= 0.6 is 0 Å². The first kappa shape index (κ1) is 19.6. The molecule has 0 saturated carbocycles. The highest BCUT2D eigenvalue weighted by Crippen LogP contribution is 2.28. The molecule has 0 radical (unpaired) electrons. The van der Waals surface area contributed by atoms with E-state index >= 15 is 0 Å². The number of aryl methyl sites for hydroxylation is 1. The number of carboxylic acids is 1. The van der Waals surface area contributed by atoms with Crippen molar-refractivity contribution in [3.8, 4) is 11.5 Å². The average molecular weight is 338 g/mol. The van der Waals surface area contributed by atoms with Gasteiger partial charge in [0.05, 0.1) is 20.1 Å². The maximum absolute atomic E-state index is 11.8. The molecule has 0 fully saturated rings. The van der Waals surface area contributed by atoms with Crippen LogP contribution < -0.4 is 14.8 Å². The van der Waals surface area contributed by atoms with Gasteiger partial charge in [0, 0.05) is 20.1 Å². The molecule has 0 bridgehead atoms. The topological polar surface area (TPSA) is 88.1 Å². The quantitative estimate of drug-likeness (QED) is 0.638. The van der Waals surface area contributed by atoms with Crippen molar-refractivity contribution >= 4 is 12.0 Å². The molecule has 0 aliphatic carbocycles. The Morgan fingerprint density at radius 1 is 1.29 bits per heavy atom. The fourth-order valence-electron chi connectivity index (χ4n) is 2.13. The van der Waals surface area contributed by atoms with E-state index in [4.69, 9.17) is 14.6 Å². The molecule has 2 N–H and O–H groups in total. The Bertz CT molecular complexity index is 548. The summed E-state index contributed by atoms with van der Waals surface area (Å²) in [7, 11) is 3.18. The lowest BCUT2D eigenvalue weighted by molar-refractivity contribution is -0.137. The SMILES string of the molecule is CCOc1cc(CCCNC(=O)N(C)CCC(=O)O)ccc1OC. The Labute approximate surface area is 142 Å². The van der Waals surface area contributed by atoms with Gasteiger partial charge in [0.2, 0.25) is 0 Å². The lowest BCUT2D eigenvalue weighted by Crippen LogP contribution is -2.38. The predicted molar refractivity (Wildman–Crippen MR) is 90.8 cm³/mol. The summed E-state index contributed by atoms with van der Waals surface area (Å²) in [6, 6.07) is 5.53. The van der Waals surface area contributed by atoms with Gasteiger partial charge in [0.15, 0.2) is 11.5 Å². The Morgan fingerprint density at radius 2 is 2.04 bits per heavy atom. The first-order valence-corrected chi connectivity index (χ1v) is 7.98. The monoisotopic (exact) mass is 338 g/mol. The van der Waals surface area contributed by atoms with Crippen molar-refractivity contribution in [3.05, 3.63) is 23.8 Å². The van der Waals surface area contributed by atoms with E-state index < -0.39 is 5.97 Å². The Hall–Kier alpha value is -2.44. The molecular weight excluding hydrogens is 312 g/mol. The Kier molecular flexibility index (Phi) is 8.46. The van der Waals surface area contributed by atoms with E-state index in [2.05, 4.69) is 5.32 Å². The summed E-state index contributed by atoms with van der Waals surface area (Å²) in [6.45, 7) is 3.20. The number of hydrogen-bond donors (Lipinski definition) is 2. The van der Waals surface area contributed by atoms with Gasteiger partial charge in [-0.25, -0.2) is 4.79 Å². The minimum absolute atomic E-state index is 0.0595. The normalized spacial score (nSPS) is 10.1. The van der Waals surface area contributed by atoms with Crippen molar-refractivity contribution < 1.29 is 24.2 Å². The zero-order valence-corrected chi connectivity index (χ0v) is 14.5. The minimum atomic E-state index is -0.917. The van der Waals surface area contributed by atoms with E-state index in [1.807, 2.05) is 25.1 Å². The number of hydrogen-bond acceptors (Lipinski definition) is 4. The molecule has 1 aromatic carbocycles. The highest BCUT2D eigenvalue weighted by atomic mass is 16.5. The third-order valence-corrected chi connectivity index (χ3v) is 3.45. The van der Waals surface area contributed by atoms with Crippen LogP contribution in [0.5, 0.6) is 11.5 Å². The highest BCUT2D eigenvalue weighted by molar-refractivity contribution is 5.74. The number of nitrogens with one attached hydrogen (secondary N) is 1. The number of carbonyl (C=O) groups is 2. The van der Waals surface area contributed by atoms with Gasteiger partial charge in [0.25, 0.3) is 0 Å². The van der Waals surface area contributed by atoms with Crippen LogP contribution in [0.2, 0.25) is 0 Å². The molecule has 1 rings (SSSR count). The smallest absolute Gasteiger partial charge is 0.317 e. The van der Waals surface area contributed by atoms with Gasteiger partial charge < -0.3 is 24.8 Å². The molecule has 0 saturated heterocycles. The fourth-order valence-corrected chi connectivity index (χ4v) is 2.13. The minimum Gasteiger partial charge on any atom is -0.493 e. The Morgan fingerprint density at radius 3 is 2.67 bits per heavy atom. The summed E-state index contributed by atoms with van der Waals surface area (Å²) in [5.41, 5.74) is 1.10. The second kappa shape index (κ2) is 10.4. The molecule has 7 nitrogen and oxygen atoms in total. The third kappa shape index (κ3) is 6.76. The first-order valence-electron chi connectivity index (χ1n) is 7.98. The molecule has 24 heavy (non-hydrogen) atoms. The van der Waals surface area contributed by atoms with Crippen LogP contribution in [0, 0.1) is 0 Å². The number of urea groups is 1. The average Bonchev–Trinajstić information content (AvgIpc) is 2.56. The van der Waals surface area contributed by atoms with Gasteiger partial charge >= 0.3 is 12.0 Å². The van der Waals surface area contributed by atoms with Crippen LogP contribution in [0.1, 0.15) is 25.3 Å². The van der Waals surface area contributed by atoms with Crippen LogP contribution in [0.25, 0.3) is 0 Å². The third-order valence-electron chi connectivity index (χ3n) is 3.45. The number of carboxylic acid groups (broad SMARTS) is 1. The zero-order valence-electron chi connectivity index (χ0n) is 14.5. The number of ether oxygens (including phenoxy) is 2. The van der Waals surface area contributed by atoms with E-state index in [0.29, 0.717) is 18.9 Å².